The average molecular weight is 355 g/mol. The van der Waals surface area contributed by atoms with Gasteiger partial charge in [0.25, 0.3) is 0 Å². The van der Waals surface area contributed by atoms with Gasteiger partial charge in [0.05, 0.1) is 18.1 Å². The molecule has 1 N–H and O–H groups in total. The molecule has 24 heavy (non-hydrogen) atoms. The summed E-state index contributed by atoms with van der Waals surface area (Å²) in [7, 11) is -2.89. The van der Waals surface area contributed by atoms with Gasteiger partial charge in [-0.25, -0.2) is 13.1 Å². The summed E-state index contributed by atoms with van der Waals surface area (Å²) in [6.45, 7) is 1.12. The van der Waals surface area contributed by atoms with E-state index in [1.54, 1.807) is 11.0 Å². The monoisotopic (exact) mass is 355 g/mol. The lowest BCUT2D eigenvalue weighted by Gasteiger charge is -2.36. The van der Waals surface area contributed by atoms with E-state index in [0.717, 1.165) is 25.7 Å². The molecule has 8 nitrogen and oxygen atoms in total. The second-order valence-electron chi connectivity index (χ2n) is 7.32. The van der Waals surface area contributed by atoms with E-state index in [1.165, 1.54) is 6.42 Å². The van der Waals surface area contributed by atoms with Crippen LogP contribution in [0.4, 0.5) is 0 Å². The van der Waals surface area contributed by atoms with Crippen LogP contribution >= 0.6 is 0 Å². The van der Waals surface area contributed by atoms with Crippen LogP contribution in [0, 0.1) is 11.3 Å². The third kappa shape index (κ3) is 4.52. The maximum atomic E-state index is 12.4. The molecule has 1 aromatic heterocycles. The highest BCUT2D eigenvalue weighted by atomic mass is 32.2. The van der Waals surface area contributed by atoms with Gasteiger partial charge in [0.15, 0.2) is 9.84 Å². The number of hydrogen-bond acceptors (Lipinski definition) is 6. The maximum absolute atomic E-state index is 12.4. The van der Waals surface area contributed by atoms with E-state index >= 15 is 0 Å². The van der Waals surface area contributed by atoms with Crippen LogP contribution < -0.4 is 5.32 Å². The van der Waals surface area contributed by atoms with Gasteiger partial charge in [-0.05, 0) is 41.0 Å². The van der Waals surface area contributed by atoms with Gasteiger partial charge < -0.3 is 5.32 Å². The molecule has 1 aromatic rings. The molecule has 1 saturated heterocycles. The van der Waals surface area contributed by atoms with E-state index in [-0.39, 0.29) is 28.7 Å². The normalized spacial score (nSPS) is 25.4. The Hall–Kier alpha value is -1.51. The Labute approximate surface area is 142 Å². The zero-order valence-electron chi connectivity index (χ0n) is 13.9. The molecule has 1 aliphatic heterocycles. The van der Waals surface area contributed by atoms with Gasteiger partial charge in [-0.15, -0.1) is 5.10 Å². The summed E-state index contributed by atoms with van der Waals surface area (Å²) in [6.07, 6.45) is 8.14. The van der Waals surface area contributed by atoms with Crippen LogP contribution in [-0.4, -0.2) is 52.6 Å². The van der Waals surface area contributed by atoms with Crippen molar-refractivity contribution in [3.05, 3.63) is 6.33 Å². The van der Waals surface area contributed by atoms with Gasteiger partial charge in [-0.3, -0.25) is 4.79 Å². The molecular weight excluding hydrogens is 330 g/mol. The average Bonchev–Trinajstić information content (AvgIpc) is 3.15. The Bertz CT molecular complexity index is 653. The van der Waals surface area contributed by atoms with E-state index in [1.807, 2.05) is 0 Å². The van der Waals surface area contributed by atoms with Gasteiger partial charge in [0.1, 0.15) is 6.33 Å². The number of tetrazole rings is 1. The third-order valence-corrected chi connectivity index (χ3v) is 7.09. The largest absolute Gasteiger partial charge is 0.356 e. The highest BCUT2D eigenvalue weighted by Crippen LogP contribution is 2.40. The first kappa shape index (κ1) is 17.3. The van der Waals surface area contributed by atoms with Crippen molar-refractivity contribution in [2.75, 3.05) is 18.1 Å². The third-order valence-electron chi connectivity index (χ3n) is 5.25. The molecule has 0 unspecified atom stereocenters. The number of hydrogen-bond donors (Lipinski definition) is 1. The number of rotatable bonds is 6. The van der Waals surface area contributed by atoms with Crippen LogP contribution in [0.15, 0.2) is 6.33 Å². The van der Waals surface area contributed by atoms with E-state index in [9.17, 15) is 13.2 Å². The standard InChI is InChI=1S/C15H25N5O3S/c21-14(16-9-13-4-7-24(22,23)10-13)8-15(5-2-1-3-6-15)11-20-12-17-18-19-20/h12-13H,1-11H2,(H,16,21)/t13-/m0/s1. The molecule has 2 aliphatic rings. The Morgan fingerprint density at radius 1 is 1.29 bits per heavy atom. The smallest absolute Gasteiger partial charge is 0.220 e. The number of nitrogens with one attached hydrogen (secondary N) is 1. The van der Waals surface area contributed by atoms with E-state index in [0.29, 0.717) is 25.9 Å². The van der Waals surface area contributed by atoms with Crippen LogP contribution in [0.3, 0.4) is 0 Å². The molecule has 1 amide bonds. The highest BCUT2D eigenvalue weighted by Gasteiger charge is 2.35. The Balaban J connectivity index is 1.55. The Morgan fingerprint density at radius 3 is 2.71 bits per heavy atom. The second-order valence-corrected chi connectivity index (χ2v) is 9.55. The quantitative estimate of drug-likeness (QED) is 0.799. The van der Waals surface area contributed by atoms with Crippen molar-refractivity contribution in [3.8, 4) is 0 Å². The number of nitrogens with zero attached hydrogens (tertiary/aromatic N) is 4. The van der Waals surface area contributed by atoms with Gasteiger partial charge >= 0.3 is 0 Å². The van der Waals surface area contributed by atoms with Crippen molar-refractivity contribution >= 4 is 15.7 Å². The zero-order valence-corrected chi connectivity index (χ0v) is 14.7. The topological polar surface area (TPSA) is 107 Å². The number of aromatic nitrogens is 4. The molecule has 1 aliphatic carbocycles. The molecule has 0 aromatic carbocycles. The first-order valence-corrected chi connectivity index (χ1v) is 10.5. The van der Waals surface area contributed by atoms with Crippen molar-refractivity contribution in [1.82, 2.24) is 25.5 Å². The van der Waals surface area contributed by atoms with Crippen molar-refractivity contribution < 1.29 is 13.2 Å². The molecule has 2 fully saturated rings. The fraction of sp³-hybridized carbons (Fsp3) is 0.867. The van der Waals surface area contributed by atoms with Crippen LogP contribution in [0.5, 0.6) is 0 Å². The van der Waals surface area contributed by atoms with E-state index in [2.05, 4.69) is 20.8 Å². The number of carbonyl (C=O) groups is 1. The minimum Gasteiger partial charge on any atom is -0.356 e. The first-order valence-electron chi connectivity index (χ1n) is 8.64. The summed E-state index contributed by atoms with van der Waals surface area (Å²) in [5, 5.41) is 14.2. The van der Waals surface area contributed by atoms with Gasteiger partial charge in [-0.1, -0.05) is 19.3 Å². The van der Waals surface area contributed by atoms with Crippen LogP contribution in [0.1, 0.15) is 44.9 Å². The fourth-order valence-electron chi connectivity index (χ4n) is 3.98. The maximum Gasteiger partial charge on any atom is 0.220 e. The van der Waals surface area contributed by atoms with Crippen molar-refractivity contribution in [2.24, 2.45) is 11.3 Å². The molecule has 0 spiro atoms. The summed E-state index contributed by atoms with van der Waals surface area (Å²) < 4.78 is 24.7. The molecule has 9 heteroatoms. The van der Waals surface area contributed by atoms with E-state index in [4.69, 9.17) is 0 Å². The molecule has 134 valence electrons. The van der Waals surface area contributed by atoms with Crippen molar-refractivity contribution in [2.45, 2.75) is 51.5 Å². The van der Waals surface area contributed by atoms with Crippen LogP contribution in [0.25, 0.3) is 0 Å². The number of carbonyl (C=O) groups excluding carboxylic acids is 1. The molecule has 1 saturated carbocycles. The molecular formula is C15H25N5O3S. The molecule has 0 bridgehead atoms. The minimum atomic E-state index is -2.89. The van der Waals surface area contributed by atoms with E-state index < -0.39 is 9.84 Å². The summed E-state index contributed by atoms with van der Waals surface area (Å²) in [5.41, 5.74) is -0.0978. The lowest BCUT2D eigenvalue weighted by Crippen LogP contribution is -2.38. The van der Waals surface area contributed by atoms with Gasteiger partial charge in [0.2, 0.25) is 5.91 Å². The fourth-order valence-corrected chi connectivity index (χ4v) is 5.85. The van der Waals surface area contributed by atoms with Gasteiger partial charge in [0, 0.05) is 13.0 Å². The first-order chi connectivity index (χ1) is 11.5. The molecule has 3 rings (SSSR count). The highest BCUT2D eigenvalue weighted by molar-refractivity contribution is 7.91. The molecule has 2 heterocycles. The molecule has 0 radical (unpaired) electrons. The van der Waals surface area contributed by atoms with Crippen molar-refractivity contribution in [1.29, 1.82) is 0 Å². The van der Waals surface area contributed by atoms with Gasteiger partial charge in [-0.2, -0.15) is 0 Å². The zero-order chi connectivity index (χ0) is 17.0. The van der Waals surface area contributed by atoms with Crippen molar-refractivity contribution in [3.63, 3.8) is 0 Å². The minimum absolute atomic E-state index is 0.00859. The lowest BCUT2D eigenvalue weighted by atomic mass is 9.71. The predicted octanol–water partition coefficient (Wildman–Crippen LogP) is 0.565. The summed E-state index contributed by atoms with van der Waals surface area (Å²) in [5.74, 6) is 0.509. The number of sulfone groups is 1. The summed E-state index contributed by atoms with van der Waals surface area (Å²) in [6, 6.07) is 0. The van der Waals surface area contributed by atoms with Crippen LogP contribution in [-0.2, 0) is 21.2 Å². The van der Waals surface area contributed by atoms with Crippen LogP contribution in [0.2, 0.25) is 0 Å². The lowest BCUT2D eigenvalue weighted by molar-refractivity contribution is -0.124. The summed E-state index contributed by atoms with van der Waals surface area (Å²) in [4.78, 5) is 12.4. The number of amides is 1. The summed E-state index contributed by atoms with van der Waals surface area (Å²) >= 11 is 0. The SMILES string of the molecule is O=C(CC1(Cn2cnnn2)CCCCC1)NC[C@@H]1CCS(=O)(=O)C1. The Kier molecular flexibility index (Phi) is 5.17. The predicted molar refractivity (Wildman–Crippen MR) is 87.7 cm³/mol. The molecule has 1 atom stereocenters. The Morgan fingerprint density at radius 2 is 2.08 bits per heavy atom. The second kappa shape index (κ2) is 7.16.